The molecule has 3 heterocycles. The number of carbonyl (C=O) groups excluding carboxylic acids is 2. The van der Waals surface area contributed by atoms with Crippen LogP contribution < -0.4 is 15.5 Å². The summed E-state index contributed by atoms with van der Waals surface area (Å²) in [5, 5.41) is 6.33. The molecule has 2 N–H and O–H groups in total. The van der Waals surface area contributed by atoms with Gasteiger partial charge in [-0.3, -0.25) is 9.69 Å². The van der Waals surface area contributed by atoms with Gasteiger partial charge in [0.25, 0.3) is 5.91 Å². The second-order valence-corrected chi connectivity index (χ2v) is 7.34. The highest BCUT2D eigenvalue weighted by Gasteiger charge is 2.31. The number of urea groups is 1. The van der Waals surface area contributed by atoms with Crippen molar-refractivity contribution in [3.8, 4) is 0 Å². The Bertz CT molecular complexity index is 649. The van der Waals surface area contributed by atoms with Gasteiger partial charge in [0.05, 0.1) is 0 Å². The lowest BCUT2D eigenvalue weighted by Crippen LogP contribution is -2.46. The van der Waals surface area contributed by atoms with E-state index in [1.54, 1.807) is 4.90 Å². The molecule has 25 heavy (non-hydrogen) atoms. The fourth-order valence-corrected chi connectivity index (χ4v) is 4.29. The molecule has 3 aliphatic rings. The molecule has 0 aliphatic carbocycles. The van der Waals surface area contributed by atoms with Crippen LogP contribution in [0.5, 0.6) is 0 Å². The minimum atomic E-state index is -0.0778. The fourth-order valence-electron chi connectivity index (χ4n) is 4.29. The molecule has 1 aromatic rings. The predicted octanol–water partition coefficient (Wildman–Crippen LogP) is 1.68. The average Bonchev–Trinajstić information content (AvgIpc) is 3.00. The van der Waals surface area contributed by atoms with Crippen LogP contribution in [0.4, 0.5) is 10.5 Å². The van der Waals surface area contributed by atoms with Crippen LogP contribution >= 0.6 is 0 Å². The Labute approximate surface area is 148 Å². The van der Waals surface area contributed by atoms with Crippen LogP contribution in [-0.2, 0) is 0 Å². The average molecular weight is 342 g/mol. The van der Waals surface area contributed by atoms with E-state index < -0.39 is 0 Å². The number of carbonyl (C=O) groups is 2. The van der Waals surface area contributed by atoms with Crippen molar-refractivity contribution >= 4 is 17.6 Å². The maximum Gasteiger partial charge on any atom is 0.321 e. The first kappa shape index (κ1) is 16.4. The maximum absolute atomic E-state index is 13.0. The van der Waals surface area contributed by atoms with Crippen LogP contribution in [-0.4, -0.2) is 56.1 Å². The summed E-state index contributed by atoms with van der Waals surface area (Å²) < 4.78 is 0. The van der Waals surface area contributed by atoms with Gasteiger partial charge >= 0.3 is 6.03 Å². The molecular weight excluding hydrogens is 316 g/mol. The van der Waals surface area contributed by atoms with Gasteiger partial charge in [-0.1, -0.05) is 6.07 Å². The number of hydrogen-bond donors (Lipinski definition) is 2. The molecular formula is C19H26N4O2. The highest BCUT2D eigenvalue weighted by atomic mass is 16.2. The van der Waals surface area contributed by atoms with E-state index in [2.05, 4.69) is 10.6 Å². The summed E-state index contributed by atoms with van der Waals surface area (Å²) in [4.78, 5) is 28.7. The van der Waals surface area contributed by atoms with Crippen molar-refractivity contribution in [2.45, 2.75) is 19.3 Å². The molecule has 6 heteroatoms. The molecule has 4 rings (SSSR count). The van der Waals surface area contributed by atoms with Crippen LogP contribution in [0.15, 0.2) is 24.3 Å². The van der Waals surface area contributed by atoms with Crippen molar-refractivity contribution in [3.63, 3.8) is 0 Å². The summed E-state index contributed by atoms with van der Waals surface area (Å²) in [6, 6.07) is 7.42. The highest BCUT2D eigenvalue weighted by Crippen LogP contribution is 2.28. The number of amides is 3. The Balaban J connectivity index is 1.48. The van der Waals surface area contributed by atoms with Crippen molar-refractivity contribution in [3.05, 3.63) is 29.8 Å². The Hall–Kier alpha value is -2.08. The summed E-state index contributed by atoms with van der Waals surface area (Å²) in [6.45, 7) is 5.26. The van der Waals surface area contributed by atoms with Gasteiger partial charge in [-0.2, -0.15) is 0 Å². The number of hydrogen-bond acceptors (Lipinski definition) is 3. The zero-order valence-electron chi connectivity index (χ0n) is 14.5. The number of anilines is 1. The minimum absolute atomic E-state index is 0.0778. The van der Waals surface area contributed by atoms with Gasteiger partial charge in [0.15, 0.2) is 0 Å². The molecule has 3 fully saturated rings. The fraction of sp³-hybridized carbons (Fsp3) is 0.579. The summed E-state index contributed by atoms with van der Waals surface area (Å²) >= 11 is 0. The van der Waals surface area contributed by atoms with E-state index in [4.69, 9.17) is 0 Å². The number of nitrogens with zero attached hydrogens (tertiary/aromatic N) is 2. The maximum atomic E-state index is 13.0. The lowest BCUT2D eigenvalue weighted by molar-refractivity contribution is 0.0758. The first-order valence-electron chi connectivity index (χ1n) is 9.38. The van der Waals surface area contributed by atoms with Crippen LogP contribution in [0.1, 0.15) is 29.6 Å². The standard InChI is InChI=1S/C19H26N4O2/c24-18(22-9-5-15-12-20-13-16(15)6-10-22)14-3-1-4-17(11-14)23-8-2-7-21-19(23)25/h1,3-4,11,15-16,20H,2,5-10,12-13H2,(H,21,25)/t15-,16+. The number of nitrogens with one attached hydrogen (secondary N) is 2. The van der Waals surface area contributed by atoms with Crippen LogP contribution in [0.25, 0.3) is 0 Å². The van der Waals surface area contributed by atoms with Crippen molar-refractivity contribution in [2.75, 3.05) is 44.2 Å². The lowest BCUT2D eigenvalue weighted by atomic mass is 9.92. The first-order chi connectivity index (χ1) is 12.2. The normalized spacial score (nSPS) is 26.8. The molecule has 0 radical (unpaired) electrons. The second kappa shape index (κ2) is 7.04. The number of fused-ring (bicyclic) bond motifs is 1. The highest BCUT2D eigenvalue weighted by molar-refractivity contribution is 5.98. The third kappa shape index (κ3) is 3.35. The number of benzene rings is 1. The molecule has 1 aromatic carbocycles. The Kier molecular flexibility index (Phi) is 4.61. The van der Waals surface area contributed by atoms with Crippen LogP contribution in [0, 0.1) is 11.8 Å². The van der Waals surface area contributed by atoms with E-state index in [9.17, 15) is 9.59 Å². The molecule has 3 aliphatic heterocycles. The smallest absolute Gasteiger partial charge is 0.321 e. The van der Waals surface area contributed by atoms with E-state index >= 15 is 0 Å². The molecule has 6 nitrogen and oxygen atoms in total. The Morgan fingerprint density at radius 2 is 1.84 bits per heavy atom. The Morgan fingerprint density at radius 3 is 2.56 bits per heavy atom. The molecule has 0 aromatic heterocycles. The molecule has 0 unspecified atom stereocenters. The number of rotatable bonds is 2. The molecule has 3 saturated heterocycles. The van der Waals surface area contributed by atoms with Crippen molar-refractivity contribution in [1.29, 1.82) is 0 Å². The zero-order chi connectivity index (χ0) is 17.2. The molecule has 3 amide bonds. The summed E-state index contributed by atoms with van der Waals surface area (Å²) in [7, 11) is 0. The van der Waals surface area contributed by atoms with Gasteiger partial charge in [-0.05, 0) is 62.4 Å². The van der Waals surface area contributed by atoms with Gasteiger partial charge in [-0.25, -0.2) is 4.79 Å². The van der Waals surface area contributed by atoms with Crippen LogP contribution in [0.3, 0.4) is 0 Å². The molecule has 2 atom stereocenters. The molecule has 0 spiro atoms. The summed E-state index contributed by atoms with van der Waals surface area (Å²) in [6.07, 6.45) is 3.09. The quantitative estimate of drug-likeness (QED) is 0.859. The number of likely N-dealkylation sites (tertiary alicyclic amines) is 1. The van der Waals surface area contributed by atoms with E-state index in [1.165, 1.54) is 0 Å². The third-order valence-electron chi connectivity index (χ3n) is 5.79. The predicted molar refractivity (Wildman–Crippen MR) is 96.8 cm³/mol. The SMILES string of the molecule is O=C(c1cccc(N2CCCNC2=O)c1)N1CC[C@@H]2CNC[C@@H]2CC1. The van der Waals surface area contributed by atoms with E-state index in [0.717, 1.165) is 57.7 Å². The molecule has 134 valence electrons. The van der Waals surface area contributed by atoms with Crippen molar-refractivity contribution < 1.29 is 9.59 Å². The monoisotopic (exact) mass is 342 g/mol. The zero-order valence-corrected chi connectivity index (χ0v) is 14.5. The van der Waals surface area contributed by atoms with Gasteiger partial charge in [0, 0.05) is 37.4 Å². The van der Waals surface area contributed by atoms with Gasteiger partial charge < -0.3 is 15.5 Å². The van der Waals surface area contributed by atoms with Crippen LogP contribution in [0.2, 0.25) is 0 Å². The van der Waals surface area contributed by atoms with Crippen molar-refractivity contribution in [1.82, 2.24) is 15.5 Å². The van der Waals surface area contributed by atoms with E-state index in [0.29, 0.717) is 23.9 Å². The van der Waals surface area contributed by atoms with Crippen molar-refractivity contribution in [2.24, 2.45) is 11.8 Å². The summed E-state index contributed by atoms with van der Waals surface area (Å²) in [5.74, 6) is 1.51. The molecule has 0 bridgehead atoms. The topological polar surface area (TPSA) is 64.7 Å². The van der Waals surface area contributed by atoms with Gasteiger partial charge in [0.1, 0.15) is 0 Å². The van der Waals surface area contributed by atoms with Gasteiger partial charge in [0.2, 0.25) is 0 Å². The van der Waals surface area contributed by atoms with E-state index in [-0.39, 0.29) is 11.9 Å². The second-order valence-electron chi connectivity index (χ2n) is 7.34. The lowest BCUT2D eigenvalue weighted by Gasteiger charge is -2.28. The van der Waals surface area contributed by atoms with Gasteiger partial charge in [-0.15, -0.1) is 0 Å². The summed E-state index contributed by atoms with van der Waals surface area (Å²) in [5.41, 5.74) is 1.49. The molecule has 0 saturated carbocycles. The third-order valence-corrected chi connectivity index (χ3v) is 5.79. The largest absolute Gasteiger partial charge is 0.339 e. The minimum Gasteiger partial charge on any atom is -0.339 e. The van der Waals surface area contributed by atoms with E-state index in [1.807, 2.05) is 29.2 Å². The first-order valence-corrected chi connectivity index (χ1v) is 9.38. The Morgan fingerprint density at radius 1 is 1.08 bits per heavy atom.